The van der Waals surface area contributed by atoms with Crippen molar-refractivity contribution >= 4 is 12.6 Å². The molecule has 1 fully saturated rings. The Morgan fingerprint density at radius 1 is 1.09 bits per heavy atom. The van der Waals surface area contributed by atoms with E-state index in [0.717, 1.165) is 23.2 Å². The van der Waals surface area contributed by atoms with E-state index in [2.05, 4.69) is 45.0 Å². The molecule has 2 aromatic rings. The summed E-state index contributed by atoms with van der Waals surface area (Å²) in [7, 11) is 1.27. The highest BCUT2D eigenvalue weighted by Gasteiger charge is 2.39. The molecule has 23 heavy (non-hydrogen) atoms. The van der Waals surface area contributed by atoms with Crippen molar-refractivity contribution in [3.63, 3.8) is 0 Å². The summed E-state index contributed by atoms with van der Waals surface area (Å²) in [5.74, 6) is 0.791. The molecule has 1 heterocycles. The van der Waals surface area contributed by atoms with Crippen LogP contribution in [-0.2, 0) is 9.31 Å². The van der Waals surface area contributed by atoms with E-state index in [-0.39, 0.29) is 11.7 Å². The molecular weight excluding hydrogens is 287 g/mol. The quantitative estimate of drug-likeness (QED) is 0.810. The van der Waals surface area contributed by atoms with Crippen LogP contribution in [-0.4, -0.2) is 25.9 Å². The van der Waals surface area contributed by atoms with Gasteiger partial charge in [-0.05, 0) is 44.4 Å². The Labute approximate surface area is 138 Å². The zero-order valence-electron chi connectivity index (χ0n) is 14.2. The third-order valence-corrected chi connectivity index (χ3v) is 4.15. The topological polar surface area (TPSA) is 27.7 Å². The standard InChI is InChI=1S/C19H23BO3/c1-14-13-19(2,3)23-20(22-14)17-12-16(10-11-18(17)21-4)15-8-6-5-7-9-15/h5-12,14H,13H2,1-4H3/t14-/m0/s1. The molecule has 120 valence electrons. The van der Waals surface area contributed by atoms with E-state index in [1.807, 2.05) is 24.3 Å². The van der Waals surface area contributed by atoms with Gasteiger partial charge in [0.2, 0.25) is 0 Å². The predicted octanol–water partition coefficient (Wildman–Crippen LogP) is 3.66. The first-order valence-corrected chi connectivity index (χ1v) is 8.05. The third kappa shape index (κ3) is 3.60. The van der Waals surface area contributed by atoms with Crippen LogP contribution in [0.1, 0.15) is 27.2 Å². The van der Waals surface area contributed by atoms with Gasteiger partial charge in [0.15, 0.2) is 0 Å². The molecule has 1 saturated heterocycles. The lowest BCUT2D eigenvalue weighted by Gasteiger charge is -2.38. The number of methoxy groups -OCH3 is 1. The summed E-state index contributed by atoms with van der Waals surface area (Å²) < 4.78 is 17.7. The van der Waals surface area contributed by atoms with Crippen LogP contribution in [0.25, 0.3) is 11.1 Å². The Hall–Kier alpha value is -1.78. The van der Waals surface area contributed by atoms with Gasteiger partial charge in [0, 0.05) is 11.6 Å². The normalized spacial score (nSPS) is 20.3. The number of benzene rings is 2. The lowest BCUT2D eigenvalue weighted by atomic mass is 9.73. The molecule has 4 heteroatoms. The monoisotopic (exact) mass is 310 g/mol. The van der Waals surface area contributed by atoms with E-state index in [1.165, 1.54) is 5.56 Å². The molecule has 3 nitrogen and oxygen atoms in total. The van der Waals surface area contributed by atoms with Crippen LogP contribution in [0, 0.1) is 0 Å². The highest BCUT2D eigenvalue weighted by molar-refractivity contribution is 6.62. The fourth-order valence-electron chi connectivity index (χ4n) is 3.18. The number of ether oxygens (including phenoxy) is 1. The minimum atomic E-state index is -0.410. The van der Waals surface area contributed by atoms with Crippen molar-refractivity contribution in [3.05, 3.63) is 48.5 Å². The summed E-state index contributed by atoms with van der Waals surface area (Å²) in [6, 6.07) is 16.4. The van der Waals surface area contributed by atoms with Crippen molar-refractivity contribution in [2.75, 3.05) is 7.11 Å². The first kappa shape index (κ1) is 16.1. The Balaban J connectivity index is 2.00. The molecule has 0 aliphatic carbocycles. The zero-order chi connectivity index (χ0) is 16.4. The van der Waals surface area contributed by atoms with Crippen molar-refractivity contribution in [1.82, 2.24) is 0 Å². The second kappa shape index (κ2) is 6.38. The van der Waals surface area contributed by atoms with Crippen LogP contribution in [0.3, 0.4) is 0 Å². The maximum absolute atomic E-state index is 6.16. The van der Waals surface area contributed by atoms with Gasteiger partial charge in [0.1, 0.15) is 5.75 Å². The minimum absolute atomic E-state index is 0.147. The smallest absolute Gasteiger partial charge is 0.497 e. The largest absolute Gasteiger partial charge is 0.498 e. The minimum Gasteiger partial charge on any atom is -0.497 e. The van der Waals surface area contributed by atoms with Crippen LogP contribution in [0.5, 0.6) is 5.75 Å². The third-order valence-electron chi connectivity index (χ3n) is 4.15. The summed E-state index contributed by atoms with van der Waals surface area (Å²) in [4.78, 5) is 0. The van der Waals surface area contributed by atoms with Crippen LogP contribution in [0.4, 0.5) is 0 Å². The van der Waals surface area contributed by atoms with Crippen molar-refractivity contribution in [2.45, 2.75) is 38.9 Å². The fraction of sp³-hybridized carbons (Fsp3) is 0.368. The second-order valence-electron chi connectivity index (χ2n) is 6.68. The van der Waals surface area contributed by atoms with Crippen molar-refractivity contribution in [3.8, 4) is 16.9 Å². The highest BCUT2D eigenvalue weighted by Crippen LogP contribution is 2.28. The molecule has 3 rings (SSSR count). The van der Waals surface area contributed by atoms with Gasteiger partial charge in [-0.1, -0.05) is 42.5 Å². The molecule has 0 spiro atoms. The molecule has 1 atom stereocenters. The van der Waals surface area contributed by atoms with Gasteiger partial charge in [-0.25, -0.2) is 0 Å². The molecule has 1 aliphatic heterocycles. The summed E-state index contributed by atoms with van der Waals surface area (Å²) in [5.41, 5.74) is 3.02. The van der Waals surface area contributed by atoms with Crippen molar-refractivity contribution in [1.29, 1.82) is 0 Å². The lowest BCUT2D eigenvalue weighted by molar-refractivity contribution is -0.0231. The van der Waals surface area contributed by atoms with E-state index >= 15 is 0 Å². The summed E-state index contributed by atoms with van der Waals surface area (Å²) in [5, 5.41) is 0. The number of hydrogen-bond acceptors (Lipinski definition) is 3. The predicted molar refractivity (Wildman–Crippen MR) is 94.1 cm³/mol. The van der Waals surface area contributed by atoms with Crippen LogP contribution in [0.15, 0.2) is 48.5 Å². The van der Waals surface area contributed by atoms with Gasteiger partial charge < -0.3 is 14.0 Å². The molecule has 0 N–H and O–H groups in total. The van der Waals surface area contributed by atoms with E-state index < -0.39 is 7.12 Å². The SMILES string of the molecule is COc1ccc(-c2ccccc2)cc1B1O[C@@H](C)CC(C)(C)O1. The van der Waals surface area contributed by atoms with E-state index in [4.69, 9.17) is 14.0 Å². The number of hydrogen-bond donors (Lipinski definition) is 0. The van der Waals surface area contributed by atoms with Gasteiger partial charge in [-0.3, -0.25) is 0 Å². The van der Waals surface area contributed by atoms with E-state index in [0.29, 0.717) is 0 Å². The second-order valence-corrected chi connectivity index (χ2v) is 6.68. The van der Waals surface area contributed by atoms with Gasteiger partial charge in [0.05, 0.1) is 12.7 Å². The van der Waals surface area contributed by atoms with Crippen LogP contribution < -0.4 is 10.2 Å². The summed E-state index contributed by atoms with van der Waals surface area (Å²) in [6.45, 7) is 6.30. The van der Waals surface area contributed by atoms with E-state index in [1.54, 1.807) is 7.11 Å². The molecule has 0 radical (unpaired) electrons. The van der Waals surface area contributed by atoms with Gasteiger partial charge in [-0.2, -0.15) is 0 Å². The molecule has 0 saturated carbocycles. The fourth-order valence-corrected chi connectivity index (χ4v) is 3.18. The Morgan fingerprint density at radius 3 is 2.48 bits per heavy atom. The maximum Gasteiger partial charge on any atom is 0.498 e. The lowest BCUT2D eigenvalue weighted by Crippen LogP contribution is -2.52. The molecule has 0 amide bonds. The maximum atomic E-state index is 6.16. The Bertz CT molecular complexity index is 670. The Kier molecular flexibility index (Phi) is 4.47. The molecule has 2 aromatic carbocycles. The average molecular weight is 310 g/mol. The van der Waals surface area contributed by atoms with Crippen molar-refractivity contribution < 1.29 is 14.0 Å². The molecule has 0 unspecified atom stereocenters. The zero-order valence-corrected chi connectivity index (χ0v) is 14.2. The highest BCUT2D eigenvalue weighted by atomic mass is 16.6. The van der Waals surface area contributed by atoms with Gasteiger partial charge in [0.25, 0.3) is 0 Å². The van der Waals surface area contributed by atoms with Crippen LogP contribution >= 0.6 is 0 Å². The van der Waals surface area contributed by atoms with Crippen LogP contribution in [0.2, 0.25) is 0 Å². The summed E-state index contributed by atoms with van der Waals surface area (Å²) in [6.07, 6.45) is 1.03. The summed E-state index contributed by atoms with van der Waals surface area (Å²) >= 11 is 0. The first-order chi connectivity index (χ1) is 11.0. The first-order valence-electron chi connectivity index (χ1n) is 8.05. The molecule has 1 aliphatic rings. The molecule has 0 aromatic heterocycles. The molecular formula is C19H23BO3. The average Bonchev–Trinajstić information content (AvgIpc) is 2.53. The Morgan fingerprint density at radius 2 is 1.83 bits per heavy atom. The van der Waals surface area contributed by atoms with Crippen molar-refractivity contribution in [2.24, 2.45) is 0 Å². The molecule has 0 bridgehead atoms. The van der Waals surface area contributed by atoms with E-state index in [9.17, 15) is 0 Å². The van der Waals surface area contributed by atoms with Gasteiger partial charge in [-0.15, -0.1) is 0 Å². The van der Waals surface area contributed by atoms with Gasteiger partial charge >= 0.3 is 7.12 Å². The number of rotatable bonds is 3.